The smallest absolute Gasteiger partial charge is 0.293 e. The quantitative estimate of drug-likeness (QED) is 0.240. The lowest BCUT2D eigenvalue weighted by molar-refractivity contribution is -0.123. The number of imide groups is 1. The van der Waals surface area contributed by atoms with E-state index in [1.807, 2.05) is 48.7 Å². The first-order valence-corrected chi connectivity index (χ1v) is 12.4. The summed E-state index contributed by atoms with van der Waals surface area (Å²) in [7, 11) is 0. The van der Waals surface area contributed by atoms with Gasteiger partial charge in [-0.15, -0.1) is 0 Å². The zero-order valence-electron chi connectivity index (χ0n) is 17.7. The first-order valence-electron chi connectivity index (χ1n) is 10.4. The van der Waals surface area contributed by atoms with Gasteiger partial charge in [-0.3, -0.25) is 14.5 Å². The third kappa shape index (κ3) is 4.43. The fraction of sp³-hybridized carbons (Fsp3) is 0.0769. The third-order valence-corrected chi connectivity index (χ3v) is 7.39. The van der Waals surface area contributed by atoms with E-state index in [9.17, 15) is 14.0 Å². The average molecular weight is 556 g/mol. The average Bonchev–Trinajstić information content (AvgIpc) is 3.28. The van der Waals surface area contributed by atoms with E-state index in [-0.39, 0.29) is 6.54 Å². The molecule has 0 bridgehead atoms. The van der Waals surface area contributed by atoms with Crippen molar-refractivity contribution in [2.24, 2.45) is 0 Å². The maximum absolute atomic E-state index is 14.1. The van der Waals surface area contributed by atoms with Crippen LogP contribution in [-0.2, 0) is 17.9 Å². The van der Waals surface area contributed by atoms with Gasteiger partial charge in [0.05, 0.1) is 11.4 Å². The van der Waals surface area contributed by atoms with E-state index in [2.05, 4.69) is 20.5 Å². The van der Waals surface area contributed by atoms with Crippen molar-refractivity contribution in [3.63, 3.8) is 0 Å². The van der Waals surface area contributed by atoms with Crippen LogP contribution in [0.3, 0.4) is 0 Å². The largest absolute Gasteiger partial charge is 0.342 e. The Hall–Kier alpha value is -2.87. The second-order valence-electron chi connectivity index (χ2n) is 7.82. The maximum atomic E-state index is 14.1. The van der Waals surface area contributed by atoms with E-state index in [0.29, 0.717) is 22.0 Å². The highest BCUT2D eigenvalue weighted by Crippen LogP contribution is 2.36. The normalized spacial score (nSPS) is 15.1. The van der Waals surface area contributed by atoms with Crippen LogP contribution in [0.2, 0.25) is 5.02 Å². The number of rotatable bonds is 5. The number of halogens is 3. The van der Waals surface area contributed by atoms with E-state index in [0.717, 1.165) is 43.2 Å². The Morgan fingerprint density at radius 1 is 0.971 bits per heavy atom. The summed E-state index contributed by atoms with van der Waals surface area (Å²) >= 11 is 10.8. The fourth-order valence-corrected chi connectivity index (χ4v) is 5.31. The number of amides is 2. The standard InChI is InChI=1S/C26H17BrClFN2O2S/c27-19-9-10-23-20(12-19)18(14-30(23)13-16-5-1-3-7-21(16)28)11-24-25(32)31(26(33)34-24)15-17-6-2-4-8-22(17)29/h1-12,14H,13,15H2/b24-11-. The lowest BCUT2D eigenvalue weighted by Crippen LogP contribution is -2.27. The van der Waals surface area contributed by atoms with Crippen molar-refractivity contribution in [3.8, 4) is 0 Å². The van der Waals surface area contributed by atoms with Crippen molar-refractivity contribution in [1.82, 2.24) is 9.47 Å². The zero-order valence-corrected chi connectivity index (χ0v) is 20.8. The molecule has 0 saturated carbocycles. The first kappa shape index (κ1) is 22.9. The van der Waals surface area contributed by atoms with Crippen LogP contribution in [0.1, 0.15) is 16.7 Å². The molecule has 34 heavy (non-hydrogen) atoms. The van der Waals surface area contributed by atoms with Crippen LogP contribution in [0.15, 0.2) is 82.3 Å². The van der Waals surface area contributed by atoms with Gasteiger partial charge in [0.25, 0.3) is 11.1 Å². The van der Waals surface area contributed by atoms with Gasteiger partial charge in [-0.2, -0.15) is 0 Å². The number of carbonyl (C=O) groups is 2. The van der Waals surface area contributed by atoms with Gasteiger partial charge in [0, 0.05) is 44.3 Å². The Morgan fingerprint density at radius 2 is 1.71 bits per heavy atom. The molecule has 1 fully saturated rings. The molecule has 4 aromatic rings. The molecule has 1 aliphatic rings. The van der Waals surface area contributed by atoms with Gasteiger partial charge < -0.3 is 4.57 Å². The number of benzene rings is 3. The van der Waals surface area contributed by atoms with Crippen LogP contribution < -0.4 is 0 Å². The highest BCUT2D eigenvalue weighted by atomic mass is 79.9. The molecular formula is C26H17BrClFN2O2S. The van der Waals surface area contributed by atoms with Gasteiger partial charge in [-0.1, -0.05) is 63.9 Å². The second kappa shape index (κ2) is 9.41. The first-order chi connectivity index (χ1) is 16.4. The molecule has 0 radical (unpaired) electrons. The summed E-state index contributed by atoms with van der Waals surface area (Å²) in [6.45, 7) is 0.453. The van der Waals surface area contributed by atoms with Crippen molar-refractivity contribution >= 4 is 67.4 Å². The molecule has 0 aliphatic carbocycles. The van der Waals surface area contributed by atoms with Crippen molar-refractivity contribution in [2.45, 2.75) is 13.1 Å². The summed E-state index contributed by atoms with van der Waals surface area (Å²) in [5, 5.41) is 1.19. The highest BCUT2D eigenvalue weighted by Gasteiger charge is 2.35. The van der Waals surface area contributed by atoms with E-state index < -0.39 is 17.0 Å². The van der Waals surface area contributed by atoms with Crippen LogP contribution >= 0.6 is 39.3 Å². The molecule has 5 rings (SSSR count). The minimum Gasteiger partial charge on any atom is -0.342 e. The van der Waals surface area contributed by atoms with Gasteiger partial charge in [0.15, 0.2) is 0 Å². The topological polar surface area (TPSA) is 42.3 Å². The van der Waals surface area contributed by atoms with Crippen molar-refractivity contribution < 1.29 is 14.0 Å². The van der Waals surface area contributed by atoms with Gasteiger partial charge in [0.1, 0.15) is 5.82 Å². The minimum absolute atomic E-state index is 0.103. The molecule has 0 spiro atoms. The number of fused-ring (bicyclic) bond motifs is 1. The lowest BCUT2D eigenvalue weighted by Gasteiger charge is -2.12. The molecule has 170 valence electrons. The summed E-state index contributed by atoms with van der Waals surface area (Å²) < 4.78 is 17.0. The molecule has 2 heterocycles. The summed E-state index contributed by atoms with van der Waals surface area (Å²) in [5.41, 5.74) is 3.05. The Labute approximate surface area is 213 Å². The molecule has 8 heteroatoms. The number of hydrogen-bond acceptors (Lipinski definition) is 3. The fourth-order valence-electron chi connectivity index (χ4n) is 3.93. The van der Waals surface area contributed by atoms with E-state index in [4.69, 9.17) is 11.6 Å². The molecule has 0 unspecified atom stereocenters. The number of aromatic nitrogens is 1. The summed E-state index contributed by atoms with van der Waals surface area (Å²) in [6, 6.07) is 19.7. The second-order valence-corrected chi connectivity index (χ2v) is 10.1. The van der Waals surface area contributed by atoms with Gasteiger partial charge in [-0.05, 0) is 53.7 Å². The van der Waals surface area contributed by atoms with Gasteiger partial charge >= 0.3 is 0 Å². The number of hydrogen-bond donors (Lipinski definition) is 0. The Bertz CT molecular complexity index is 1480. The van der Waals surface area contributed by atoms with Gasteiger partial charge in [-0.25, -0.2) is 4.39 Å². The molecule has 0 atom stereocenters. The lowest BCUT2D eigenvalue weighted by atomic mass is 10.1. The predicted octanol–water partition coefficient (Wildman–Crippen LogP) is 7.48. The van der Waals surface area contributed by atoms with Crippen LogP contribution in [-0.4, -0.2) is 20.6 Å². The Kier molecular flexibility index (Phi) is 6.34. The number of carbonyl (C=O) groups excluding carboxylic acids is 2. The molecule has 2 amide bonds. The van der Waals surface area contributed by atoms with Crippen LogP contribution in [0, 0.1) is 5.82 Å². The molecule has 1 aromatic heterocycles. The van der Waals surface area contributed by atoms with Crippen LogP contribution in [0.5, 0.6) is 0 Å². The van der Waals surface area contributed by atoms with Crippen molar-refractivity contribution in [1.29, 1.82) is 0 Å². The molecular weight excluding hydrogens is 539 g/mol. The van der Waals surface area contributed by atoms with Crippen LogP contribution in [0.25, 0.3) is 17.0 Å². The summed E-state index contributed by atoms with van der Waals surface area (Å²) in [6.07, 6.45) is 3.68. The third-order valence-electron chi connectivity index (χ3n) is 5.62. The molecule has 1 aliphatic heterocycles. The number of nitrogens with zero attached hydrogens (tertiary/aromatic N) is 2. The summed E-state index contributed by atoms with van der Waals surface area (Å²) in [4.78, 5) is 27.0. The molecule has 3 aromatic carbocycles. The molecule has 0 N–H and O–H groups in total. The molecule has 4 nitrogen and oxygen atoms in total. The monoisotopic (exact) mass is 554 g/mol. The SMILES string of the molecule is O=C1S/C(=C\c2cn(Cc3ccccc3Cl)c3ccc(Br)cc23)C(=O)N1Cc1ccccc1F. The summed E-state index contributed by atoms with van der Waals surface area (Å²) in [5.74, 6) is -0.877. The van der Waals surface area contributed by atoms with E-state index >= 15 is 0 Å². The van der Waals surface area contributed by atoms with Crippen LogP contribution in [0.4, 0.5) is 9.18 Å². The maximum Gasteiger partial charge on any atom is 0.293 e. The Balaban J connectivity index is 1.50. The van der Waals surface area contributed by atoms with Gasteiger partial charge in [0.2, 0.25) is 0 Å². The van der Waals surface area contributed by atoms with Crippen molar-refractivity contribution in [3.05, 3.63) is 110 Å². The zero-order chi connectivity index (χ0) is 23.8. The Morgan fingerprint density at radius 3 is 2.47 bits per heavy atom. The van der Waals surface area contributed by atoms with Crippen molar-refractivity contribution in [2.75, 3.05) is 0 Å². The molecule has 1 saturated heterocycles. The minimum atomic E-state index is -0.446. The van der Waals surface area contributed by atoms with E-state index in [1.54, 1.807) is 24.3 Å². The highest BCUT2D eigenvalue weighted by molar-refractivity contribution is 9.10. The number of thioether (sulfide) groups is 1. The van der Waals surface area contributed by atoms with E-state index in [1.165, 1.54) is 6.07 Å². The predicted molar refractivity (Wildman–Crippen MR) is 138 cm³/mol.